The smallest absolute Gasteiger partial charge is 0.339 e. The summed E-state index contributed by atoms with van der Waals surface area (Å²) < 4.78 is 21.2. The molecule has 1 saturated heterocycles. The molecule has 162 valence electrons. The second-order valence-corrected chi connectivity index (χ2v) is 8.61. The molecule has 0 bridgehead atoms. The SMILES string of the molecule is N#CCCn1cc(C(=O)N2CCC3(CC2)OC(=O)c2cc(F)ccc23)c2ccc(Cl)cc21. The first kappa shape index (κ1) is 20.5. The summed E-state index contributed by atoms with van der Waals surface area (Å²) in [6.45, 7) is 1.27. The fourth-order valence-electron chi connectivity index (χ4n) is 4.77. The van der Waals surface area contributed by atoms with E-state index < -0.39 is 17.4 Å². The summed E-state index contributed by atoms with van der Waals surface area (Å²) >= 11 is 6.16. The number of rotatable bonds is 3. The molecule has 2 aliphatic rings. The van der Waals surface area contributed by atoms with Crippen molar-refractivity contribution in [2.75, 3.05) is 13.1 Å². The van der Waals surface area contributed by atoms with Gasteiger partial charge in [-0.15, -0.1) is 0 Å². The quantitative estimate of drug-likeness (QED) is 0.543. The summed E-state index contributed by atoms with van der Waals surface area (Å²) in [7, 11) is 0. The summed E-state index contributed by atoms with van der Waals surface area (Å²) in [5.74, 6) is -1.11. The Balaban J connectivity index is 1.41. The molecule has 2 aliphatic heterocycles. The number of aromatic nitrogens is 1. The van der Waals surface area contributed by atoms with E-state index in [4.69, 9.17) is 21.6 Å². The largest absolute Gasteiger partial charge is 0.450 e. The summed E-state index contributed by atoms with van der Waals surface area (Å²) in [6, 6.07) is 11.6. The Kier molecular flexibility index (Phi) is 4.90. The van der Waals surface area contributed by atoms with Crippen LogP contribution in [0.4, 0.5) is 4.39 Å². The Labute approximate surface area is 188 Å². The molecule has 5 rings (SSSR count). The number of hydrogen-bond donors (Lipinski definition) is 0. The van der Waals surface area contributed by atoms with E-state index in [-0.39, 0.29) is 11.5 Å². The summed E-state index contributed by atoms with van der Waals surface area (Å²) in [5, 5.41) is 10.3. The van der Waals surface area contributed by atoms with E-state index in [1.54, 1.807) is 29.3 Å². The van der Waals surface area contributed by atoms with E-state index in [1.165, 1.54) is 12.1 Å². The number of amides is 1. The van der Waals surface area contributed by atoms with Gasteiger partial charge in [-0.3, -0.25) is 4.79 Å². The summed E-state index contributed by atoms with van der Waals surface area (Å²) in [5.41, 5.74) is 1.51. The van der Waals surface area contributed by atoms with Crippen LogP contribution < -0.4 is 0 Å². The average molecular weight is 452 g/mol. The molecule has 0 aliphatic carbocycles. The molecular weight excluding hydrogens is 433 g/mol. The van der Waals surface area contributed by atoms with Gasteiger partial charge in [-0.05, 0) is 24.3 Å². The number of benzene rings is 2. The van der Waals surface area contributed by atoms with Gasteiger partial charge < -0.3 is 14.2 Å². The Morgan fingerprint density at radius 3 is 2.75 bits per heavy atom. The zero-order valence-electron chi connectivity index (χ0n) is 17.1. The Morgan fingerprint density at radius 2 is 2.00 bits per heavy atom. The van der Waals surface area contributed by atoms with Crippen LogP contribution in [0.3, 0.4) is 0 Å². The monoisotopic (exact) mass is 451 g/mol. The van der Waals surface area contributed by atoms with Crippen LogP contribution in [0.15, 0.2) is 42.6 Å². The van der Waals surface area contributed by atoms with Gasteiger partial charge in [-0.1, -0.05) is 23.7 Å². The van der Waals surface area contributed by atoms with Crippen LogP contribution in [0.1, 0.15) is 45.5 Å². The summed E-state index contributed by atoms with van der Waals surface area (Å²) in [6.07, 6.45) is 2.99. The lowest BCUT2D eigenvalue weighted by Gasteiger charge is -2.38. The van der Waals surface area contributed by atoms with Crippen molar-refractivity contribution in [3.05, 3.63) is 70.1 Å². The van der Waals surface area contributed by atoms with Gasteiger partial charge in [0, 0.05) is 54.6 Å². The minimum Gasteiger partial charge on any atom is -0.450 e. The number of likely N-dealkylation sites (tertiary alicyclic amines) is 1. The second-order valence-electron chi connectivity index (χ2n) is 8.17. The van der Waals surface area contributed by atoms with Gasteiger partial charge in [0.2, 0.25) is 0 Å². The van der Waals surface area contributed by atoms with Crippen molar-refractivity contribution in [1.82, 2.24) is 9.47 Å². The van der Waals surface area contributed by atoms with Gasteiger partial charge in [0.05, 0.1) is 29.1 Å². The maximum Gasteiger partial charge on any atom is 0.339 e. The van der Waals surface area contributed by atoms with E-state index in [2.05, 4.69) is 6.07 Å². The topological polar surface area (TPSA) is 75.3 Å². The average Bonchev–Trinajstić information content (AvgIpc) is 3.27. The van der Waals surface area contributed by atoms with Crippen molar-refractivity contribution in [3.63, 3.8) is 0 Å². The van der Waals surface area contributed by atoms with Crippen molar-refractivity contribution in [2.45, 2.75) is 31.4 Å². The number of fused-ring (bicyclic) bond motifs is 3. The second kappa shape index (κ2) is 7.64. The maximum absolute atomic E-state index is 13.6. The van der Waals surface area contributed by atoms with Crippen molar-refractivity contribution in [3.8, 4) is 6.07 Å². The fraction of sp³-hybridized carbons (Fsp3) is 0.292. The van der Waals surface area contributed by atoms with Crippen molar-refractivity contribution < 1.29 is 18.7 Å². The molecule has 0 atom stereocenters. The fourth-order valence-corrected chi connectivity index (χ4v) is 4.94. The zero-order chi connectivity index (χ0) is 22.5. The molecule has 6 nitrogen and oxygen atoms in total. The highest BCUT2D eigenvalue weighted by Crippen LogP contribution is 2.44. The van der Waals surface area contributed by atoms with Crippen LogP contribution in [-0.4, -0.2) is 34.4 Å². The van der Waals surface area contributed by atoms with Crippen LogP contribution in [0.25, 0.3) is 10.9 Å². The molecule has 3 aromatic rings. The van der Waals surface area contributed by atoms with Gasteiger partial charge in [0.25, 0.3) is 5.91 Å². The third-order valence-corrected chi connectivity index (χ3v) is 6.61. The molecule has 0 radical (unpaired) electrons. The lowest BCUT2D eigenvalue weighted by Crippen LogP contribution is -2.45. The molecule has 1 spiro atoms. The first-order chi connectivity index (χ1) is 15.4. The first-order valence-electron chi connectivity index (χ1n) is 10.4. The van der Waals surface area contributed by atoms with Crippen LogP contribution in [0, 0.1) is 17.1 Å². The molecule has 8 heteroatoms. The predicted molar refractivity (Wildman–Crippen MR) is 116 cm³/mol. The van der Waals surface area contributed by atoms with Gasteiger partial charge in [-0.2, -0.15) is 5.26 Å². The van der Waals surface area contributed by atoms with E-state index in [0.717, 1.165) is 10.9 Å². The minimum atomic E-state index is -0.814. The van der Waals surface area contributed by atoms with Crippen molar-refractivity contribution >= 4 is 34.4 Å². The molecule has 0 N–H and O–H groups in total. The number of halogens is 2. The predicted octanol–water partition coefficient (Wildman–Crippen LogP) is 4.65. The molecule has 1 aromatic heterocycles. The highest BCUT2D eigenvalue weighted by molar-refractivity contribution is 6.31. The third kappa shape index (κ3) is 3.23. The Morgan fingerprint density at radius 1 is 1.22 bits per heavy atom. The number of ether oxygens (including phenoxy) is 1. The molecule has 1 fully saturated rings. The van der Waals surface area contributed by atoms with Crippen LogP contribution in [0.2, 0.25) is 5.02 Å². The van der Waals surface area contributed by atoms with Gasteiger partial charge in [-0.25, -0.2) is 9.18 Å². The number of nitriles is 1. The van der Waals surface area contributed by atoms with E-state index in [1.807, 2.05) is 10.6 Å². The Bertz CT molecular complexity index is 1300. The first-order valence-corrected chi connectivity index (χ1v) is 10.8. The van der Waals surface area contributed by atoms with Gasteiger partial charge >= 0.3 is 5.97 Å². The number of carbonyl (C=O) groups is 2. The minimum absolute atomic E-state index is 0.119. The number of hydrogen-bond acceptors (Lipinski definition) is 4. The zero-order valence-corrected chi connectivity index (χ0v) is 17.9. The molecule has 2 aromatic carbocycles. The highest BCUT2D eigenvalue weighted by Gasteiger charge is 2.48. The third-order valence-electron chi connectivity index (χ3n) is 6.38. The highest BCUT2D eigenvalue weighted by atomic mass is 35.5. The van der Waals surface area contributed by atoms with Crippen molar-refractivity contribution in [1.29, 1.82) is 5.26 Å². The Hall–Kier alpha value is -3.37. The van der Waals surface area contributed by atoms with E-state index >= 15 is 0 Å². The van der Waals surface area contributed by atoms with Crippen LogP contribution >= 0.6 is 11.6 Å². The number of esters is 1. The molecule has 0 unspecified atom stereocenters. The molecule has 32 heavy (non-hydrogen) atoms. The van der Waals surface area contributed by atoms with Crippen molar-refractivity contribution in [2.24, 2.45) is 0 Å². The molecule has 3 heterocycles. The molecular formula is C24H19ClFN3O3. The standard InChI is InChI=1S/C24H19ClFN3O3/c25-15-2-4-17-19(14-29(9-1-8-27)21(17)12-15)22(30)28-10-6-24(7-11-28)20-5-3-16(26)13-18(20)23(31)32-24/h2-5,12-14H,1,6-7,9-11H2. The number of piperidine rings is 1. The lowest BCUT2D eigenvalue weighted by molar-refractivity contribution is -0.0389. The summed E-state index contributed by atoms with van der Waals surface area (Å²) in [4.78, 5) is 27.4. The van der Waals surface area contributed by atoms with E-state index in [9.17, 15) is 14.0 Å². The molecule has 1 amide bonds. The molecule has 0 saturated carbocycles. The normalized spacial score (nSPS) is 16.8. The van der Waals surface area contributed by atoms with E-state index in [0.29, 0.717) is 55.0 Å². The lowest BCUT2D eigenvalue weighted by atomic mass is 9.83. The van der Waals surface area contributed by atoms with Gasteiger partial charge in [0.15, 0.2) is 0 Å². The number of nitrogens with zero attached hydrogens (tertiary/aromatic N) is 3. The van der Waals surface area contributed by atoms with Crippen LogP contribution in [0.5, 0.6) is 0 Å². The number of carbonyl (C=O) groups excluding carboxylic acids is 2. The maximum atomic E-state index is 13.6. The van der Waals surface area contributed by atoms with Gasteiger partial charge in [0.1, 0.15) is 11.4 Å². The number of aryl methyl sites for hydroxylation is 1. The van der Waals surface area contributed by atoms with Crippen LogP contribution in [-0.2, 0) is 16.9 Å².